The summed E-state index contributed by atoms with van der Waals surface area (Å²) in [6.45, 7) is 1.40. The van der Waals surface area contributed by atoms with Gasteiger partial charge in [0.05, 0.1) is 37.0 Å². The van der Waals surface area contributed by atoms with Crippen LogP contribution in [0, 0.1) is 0 Å². The molecule has 0 saturated heterocycles. The highest BCUT2D eigenvalue weighted by Gasteiger charge is 2.19. The molecule has 0 aliphatic carbocycles. The molecule has 0 saturated carbocycles. The van der Waals surface area contributed by atoms with Gasteiger partial charge in [0.25, 0.3) is 17.7 Å². The van der Waals surface area contributed by atoms with Crippen LogP contribution in [0.3, 0.4) is 0 Å². The number of rotatable bonds is 14. The molecule has 0 aliphatic heterocycles. The zero-order valence-corrected chi connectivity index (χ0v) is 28.0. The number of amides is 4. The minimum absolute atomic E-state index is 0.0782. The molecule has 0 spiro atoms. The van der Waals surface area contributed by atoms with Crippen molar-refractivity contribution in [2.45, 2.75) is 19.3 Å². The second-order valence-corrected chi connectivity index (χ2v) is 11.8. The van der Waals surface area contributed by atoms with Crippen molar-refractivity contribution in [1.29, 1.82) is 0 Å². The van der Waals surface area contributed by atoms with Gasteiger partial charge in [0.1, 0.15) is 17.1 Å². The molecule has 4 rings (SSSR count). The Morgan fingerprint density at radius 2 is 1.17 bits per heavy atom. The summed E-state index contributed by atoms with van der Waals surface area (Å²) in [5.41, 5.74) is 3.77. The van der Waals surface area contributed by atoms with Crippen LogP contribution in [0.15, 0.2) is 61.1 Å². The van der Waals surface area contributed by atoms with Gasteiger partial charge in [-0.25, -0.2) is 0 Å². The van der Waals surface area contributed by atoms with Gasteiger partial charge in [-0.2, -0.15) is 0 Å². The third kappa shape index (κ3) is 9.45. The molecule has 14 nitrogen and oxygen atoms in total. The Labute approximate surface area is 279 Å². The van der Waals surface area contributed by atoms with Crippen molar-refractivity contribution in [1.82, 2.24) is 23.9 Å². The van der Waals surface area contributed by atoms with Crippen LogP contribution >= 0.6 is 0 Å². The smallest absolute Gasteiger partial charge is 0.309 e. The Bertz CT molecular complexity index is 1820. The Hall–Kier alpha value is -5.63. The van der Waals surface area contributed by atoms with Crippen LogP contribution in [-0.4, -0.2) is 82.5 Å². The van der Waals surface area contributed by atoms with Crippen molar-refractivity contribution in [2.24, 2.45) is 21.1 Å². The second kappa shape index (κ2) is 15.8. The molecule has 14 heteroatoms. The number of hydrogen-bond donors (Lipinski definition) is 4. The number of hydrogen-bond acceptors (Lipinski definition) is 7. The summed E-state index contributed by atoms with van der Waals surface area (Å²) in [6, 6.07) is 11.9. The lowest BCUT2D eigenvalue weighted by Gasteiger charge is -2.10. The molecule has 4 N–H and O–H groups in total. The van der Waals surface area contributed by atoms with Crippen molar-refractivity contribution in [3.8, 4) is 0 Å². The van der Waals surface area contributed by atoms with Crippen LogP contribution in [-0.2, 0) is 48.3 Å². The topological polar surface area (TPSA) is 161 Å². The van der Waals surface area contributed by atoms with E-state index in [4.69, 9.17) is 4.74 Å². The van der Waals surface area contributed by atoms with Crippen molar-refractivity contribution in [2.75, 3.05) is 50.2 Å². The summed E-state index contributed by atoms with van der Waals surface area (Å²) in [7, 11) is 10.4. The van der Waals surface area contributed by atoms with Crippen LogP contribution in [0.1, 0.15) is 49.0 Å². The van der Waals surface area contributed by atoms with E-state index in [1.807, 2.05) is 19.0 Å². The highest BCUT2D eigenvalue weighted by atomic mass is 16.5. The lowest BCUT2D eigenvalue weighted by molar-refractivity contribution is -0.139. The Balaban J connectivity index is 1.33. The third-order valence-electron chi connectivity index (χ3n) is 7.51. The number of carbonyl (C=O) groups is 5. The number of esters is 1. The second-order valence-electron chi connectivity index (χ2n) is 11.8. The first kappa shape index (κ1) is 35.2. The van der Waals surface area contributed by atoms with E-state index in [-0.39, 0.29) is 36.3 Å². The Morgan fingerprint density at radius 3 is 1.67 bits per heavy atom. The summed E-state index contributed by atoms with van der Waals surface area (Å²) in [5.74, 6) is -1.73. The van der Waals surface area contributed by atoms with E-state index < -0.39 is 11.8 Å². The largest absolute Gasteiger partial charge is 0.469 e. The molecule has 0 bridgehead atoms. The van der Waals surface area contributed by atoms with Gasteiger partial charge >= 0.3 is 5.97 Å². The predicted octanol–water partition coefficient (Wildman–Crippen LogP) is 2.78. The van der Waals surface area contributed by atoms with Crippen molar-refractivity contribution in [3.63, 3.8) is 0 Å². The van der Waals surface area contributed by atoms with Crippen molar-refractivity contribution in [3.05, 3.63) is 89.3 Å². The fourth-order valence-corrected chi connectivity index (χ4v) is 5.13. The summed E-state index contributed by atoms with van der Waals surface area (Å²) in [4.78, 5) is 65.3. The van der Waals surface area contributed by atoms with Gasteiger partial charge in [-0.3, -0.25) is 24.0 Å². The molecule has 4 aromatic rings. The fraction of sp³-hybridized carbons (Fsp3) is 0.324. The quantitative estimate of drug-likeness (QED) is 0.120. The zero-order chi connectivity index (χ0) is 35.0. The van der Waals surface area contributed by atoms with Gasteiger partial charge in [-0.05, 0) is 56.4 Å². The summed E-state index contributed by atoms with van der Waals surface area (Å²) in [6.07, 6.45) is 5.91. The van der Waals surface area contributed by atoms with Gasteiger partial charge in [0, 0.05) is 46.3 Å². The predicted molar refractivity (Wildman–Crippen MR) is 182 cm³/mol. The lowest BCUT2D eigenvalue weighted by Crippen LogP contribution is -2.28. The van der Waals surface area contributed by atoms with E-state index >= 15 is 0 Å². The monoisotopic (exact) mass is 658 g/mol. The Kier molecular flexibility index (Phi) is 11.6. The number of carbonyl (C=O) groups excluding carboxylic acids is 5. The molecule has 4 amide bonds. The van der Waals surface area contributed by atoms with Crippen LogP contribution in [0.4, 0.5) is 17.1 Å². The number of benzene rings is 1. The number of nitrogens with zero attached hydrogens (tertiary/aromatic N) is 4. The summed E-state index contributed by atoms with van der Waals surface area (Å²) >= 11 is 0. The lowest BCUT2D eigenvalue weighted by atomic mass is 10.1. The highest BCUT2D eigenvalue weighted by Crippen LogP contribution is 2.20. The summed E-state index contributed by atoms with van der Waals surface area (Å²) in [5, 5.41) is 11.3. The minimum atomic E-state index is -0.435. The average molecular weight is 659 g/mol. The van der Waals surface area contributed by atoms with Crippen LogP contribution in [0.2, 0.25) is 0 Å². The molecule has 3 heterocycles. The van der Waals surface area contributed by atoms with Gasteiger partial charge in [0.15, 0.2) is 0 Å². The van der Waals surface area contributed by atoms with Gasteiger partial charge in [-0.15, -0.1) is 0 Å². The first-order valence-corrected chi connectivity index (χ1v) is 15.3. The molecule has 254 valence electrons. The van der Waals surface area contributed by atoms with E-state index in [0.29, 0.717) is 35.0 Å². The number of methoxy groups -OCH3 is 1. The molecule has 0 radical (unpaired) electrons. The molecular weight excluding hydrogens is 616 g/mol. The van der Waals surface area contributed by atoms with Crippen molar-refractivity contribution < 1.29 is 28.7 Å². The van der Waals surface area contributed by atoms with E-state index in [1.54, 1.807) is 95.9 Å². The van der Waals surface area contributed by atoms with Crippen LogP contribution in [0.5, 0.6) is 0 Å². The maximum Gasteiger partial charge on any atom is 0.309 e. The zero-order valence-electron chi connectivity index (χ0n) is 28.0. The first-order chi connectivity index (χ1) is 22.8. The molecular formula is C34H42N8O6. The number of aromatic nitrogens is 3. The molecule has 1 aromatic carbocycles. The maximum absolute atomic E-state index is 13.2. The van der Waals surface area contributed by atoms with Crippen LogP contribution in [0.25, 0.3) is 0 Å². The molecule has 0 fully saturated rings. The molecule has 0 atom stereocenters. The normalized spacial score (nSPS) is 10.9. The fourth-order valence-electron chi connectivity index (χ4n) is 5.13. The number of aryl methyl sites for hydroxylation is 3. The minimum Gasteiger partial charge on any atom is -0.469 e. The molecule has 48 heavy (non-hydrogen) atoms. The van der Waals surface area contributed by atoms with Gasteiger partial charge in [0.2, 0.25) is 5.91 Å². The van der Waals surface area contributed by atoms with E-state index in [9.17, 15) is 24.0 Å². The summed E-state index contributed by atoms with van der Waals surface area (Å²) < 4.78 is 9.53. The van der Waals surface area contributed by atoms with E-state index in [1.165, 1.54) is 7.11 Å². The Morgan fingerprint density at radius 1 is 0.688 bits per heavy atom. The molecule has 0 aliphatic rings. The molecule has 0 unspecified atom stereocenters. The average Bonchev–Trinajstić information content (AvgIpc) is 3.70. The van der Waals surface area contributed by atoms with E-state index in [0.717, 1.165) is 24.1 Å². The third-order valence-corrected chi connectivity index (χ3v) is 7.51. The van der Waals surface area contributed by atoms with Gasteiger partial charge in [-0.1, -0.05) is 24.3 Å². The van der Waals surface area contributed by atoms with Crippen molar-refractivity contribution >= 4 is 46.7 Å². The van der Waals surface area contributed by atoms with E-state index in [2.05, 4.69) is 21.3 Å². The maximum atomic E-state index is 13.2. The van der Waals surface area contributed by atoms with Crippen LogP contribution < -0.4 is 21.3 Å². The number of anilines is 3. The first-order valence-electron chi connectivity index (χ1n) is 15.3. The standard InChI is InChI=1S/C34H42N8O6/c1-39(2)12-8-11-35-32(45)27-17-25(20-40(27)3)37-34(47)29-18-26(21-42(29)5)38-33(46)28-16-24(19-41(28)4)36-30(43)14-22-9-7-10-23(13-22)15-31(44)48-6/h7,9-10,13,16-21H,8,11-12,14-15H2,1-6H3,(H,35,45)(H,36,43)(H,37,47)(H,38,46). The number of nitrogens with one attached hydrogen (secondary N) is 4. The highest BCUT2D eigenvalue weighted by molar-refractivity contribution is 6.07. The number of ether oxygens (including phenoxy) is 1. The SMILES string of the molecule is COC(=O)Cc1cccc(CC(=O)Nc2cc(C(=O)Nc3cc(C(=O)Nc4cc(C(=O)NCCCN(C)C)n(C)c4)n(C)c3)n(C)c2)c1. The van der Waals surface area contributed by atoms with Gasteiger partial charge < -0.3 is 44.6 Å². The molecule has 3 aromatic heterocycles.